The largest absolute Gasteiger partial charge is 0.497 e. The van der Waals surface area contributed by atoms with Crippen LogP contribution in [-0.2, 0) is 21.4 Å². The third-order valence-corrected chi connectivity index (χ3v) is 7.38. The smallest absolute Gasteiger partial charge is 0.240 e. The number of nitrogens with zero attached hydrogens (tertiary/aromatic N) is 1. The van der Waals surface area contributed by atoms with Crippen molar-refractivity contribution in [1.29, 1.82) is 0 Å². The number of sulfonamides is 1. The fraction of sp³-hybridized carbons (Fsp3) is 0.458. The second kappa shape index (κ2) is 10.9. The summed E-state index contributed by atoms with van der Waals surface area (Å²) in [4.78, 5) is 14.9. The van der Waals surface area contributed by atoms with Crippen molar-refractivity contribution in [1.82, 2.24) is 14.9 Å². The van der Waals surface area contributed by atoms with Gasteiger partial charge in [0, 0.05) is 38.6 Å². The van der Waals surface area contributed by atoms with E-state index in [0.29, 0.717) is 0 Å². The lowest BCUT2D eigenvalue weighted by Crippen LogP contribution is -2.45. The minimum atomic E-state index is -3.62. The molecule has 1 amide bonds. The van der Waals surface area contributed by atoms with Crippen molar-refractivity contribution in [3.05, 3.63) is 59.2 Å². The van der Waals surface area contributed by atoms with Crippen molar-refractivity contribution in [2.24, 2.45) is 0 Å². The number of carbonyl (C=O) groups excluding carboxylic acids is 1. The van der Waals surface area contributed by atoms with Gasteiger partial charge in [0.25, 0.3) is 0 Å². The van der Waals surface area contributed by atoms with E-state index in [2.05, 4.69) is 21.0 Å². The lowest BCUT2D eigenvalue weighted by atomic mass is 10.0. The summed E-state index contributed by atoms with van der Waals surface area (Å²) >= 11 is 0. The van der Waals surface area contributed by atoms with Crippen LogP contribution in [0.4, 0.5) is 0 Å². The standard InChI is InChI=1S/C24H33N3O4S/c1-18-7-8-23(15-19(18)2)32(29,30)25-12-9-24(28)26-21-10-13-27(14-11-21)17-20-5-4-6-22(16-20)31-3/h4-8,15-16,21,25H,9-14,17H2,1-3H3,(H,26,28). The van der Waals surface area contributed by atoms with E-state index in [1.807, 2.05) is 32.0 Å². The summed E-state index contributed by atoms with van der Waals surface area (Å²) in [7, 11) is -1.95. The first-order chi connectivity index (χ1) is 15.3. The van der Waals surface area contributed by atoms with E-state index in [1.165, 1.54) is 5.56 Å². The second-order valence-electron chi connectivity index (χ2n) is 8.36. The topological polar surface area (TPSA) is 87.7 Å². The number of piperidine rings is 1. The van der Waals surface area contributed by atoms with Crippen molar-refractivity contribution in [3.63, 3.8) is 0 Å². The van der Waals surface area contributed by atoms with Crippen LogP contribution in [0.15, 0.2) is 47.4 Å². The summed E-state index contributed by atoms with van der Waals surface area (Å²) in [5.74, 6) is 0.733. The molecule has 3 rings (SSSR count). The SMILES string of the molecule is COc1cccc(CN2CCC(NC(=O)CCNS(=O)(=O)c3ccc(C)c(C)c3)CC2)c1. The molecule has 0 spiro atoms. The van der Waals surface area contributed by atoms with Crippen molar-refractivity contribution < 1.29 is 17.9 Å². The lowest BCUT2D eigenvalue weighted by molar-refractivity contribution is -0.121. The van der Waals surface area contributed by atoms with Gasteiger partial charge in [0.2, 0.25) is 15.9 Å². The number of carbonyl (C=O) groups is 1. The number of rotatable bonds is 9. The highest BCUT2D eigenvalue weighted by Gasteiger charge is 2.21. The van der Waals surface area contributed by atoms with Crippen LogP contribution >= 0.6 is 0 Å². The molecule has 0 aliphatic carbocycles. The Morgan fingerprint density at radius 3 is 2.53 bits per heavy atom. The third kappa shape index (κ3) is 6.79. The fourth-order valence-electron chi connectivity index (χ4n) is 3.83. The summed E-state index contributed by atoms with van der Waals surface area (Å²) in [6, 6.07) is 13.2. The maximum atomic E-state index is 12.4. The zero-order valence-corrected chi connectivity index (χ0v) is 19.9. The molecule has 0 saturated carbocycles. The van der Waals surface area contributed by atoms with Crippen molar-refractivity contribution in [2.45, 2.75) is 50.6 Å². The molecular formula is C24H33N3O4S. The van der Waals surface area contributed by atoms with Gasteiger partial charge in [0.05, 0.1) is 12.0 Å². The Morgan fingerprint density at radius 2 is 1.84 bits per heavy atom. The van der Waals surface area contributed by atoms with Gasteiger partial charge >= 0.3 is 0 Å². The number of benzene rings is 2. The number of methoxy groups -OCH3 is 1. The normalized spacial score (nSPS) is 15.5. The minimum Gasteiger partial charge on any atom is -0.497 e. The van der Waals surface area contributed by atoms with E-state index >= 15 is 0 Å². The minimum absolute atomic E-state index is 0.0791. The van der Waals surface area contributed by atoms with Gasteiger partial charge in [-0.2, -0.15) is 0 Å². The zero-order chi connectivity index (χ0) is 23.1. The molecule has 2 aromatic rings. The summed E-state index contributed by atoms with van der Waals surface area (Å²) in [6.07, 6.45) is 1.88. The molecule has 1 fully saturated rings. The van der Waals surface area contributed by atoms with Crippen molar-refractivity contribution in [3.8, 4) is 5.75 Å². The first-order valence-corrected chi connectivity index (χ1v) is 12.5. The summed E-state index contributed by atoms with van der Waals surface area (Å²) < 4.78 is 32.7. The molecule has 0 unspecified atom stereocenters. The van der Waals surface area contributed by atoms with Crippen LogP contribution in [0.25, 0.3) is 0 Å². The number of hydrogen-bond acceptors (Lipinski definition) is 5. The second-order valence-corrected chi connectivity index (χ2v) is 10.1. The molecule has 174 valence electrons. The molecule has 0 atom stereocenters. The van der Waals surface area contributed by atoms with E-state index in [1.54, 1.807) is 25.3 Å². The highest BCUT2D eigenvalue weighted by molar-refractivity contribution is 7.89. The van der Waals surface area contributed by atoms with E-state index < -0.39 is 10.0 Å². The fourth-order valence-corrected chi connectivity index (χ4v) is 4.94. The number of ether oxygens (including phenoxy) is 1. The first kappa shape index (κ1) is 24.2. The van der Waals surface area contributed by atoms with Gasteiger partial charge < -0.3 is 10.1 Å². The summed E-state index contributed by atoms with van der Waals surface area (Å²) in [5.41, 5.74) is 3.17. The lowest BCUT2D eigenvalue weighted by Gasteiger charge is -2.32. The van der Waals surface area contributed by atoms with Gasteiger partial charge in [-0.05, 0) is 67.6 Å². The van der Waals surface area contributed by atoms with E-state index in [4.69, 9.17) is 4.74 Å². The molecule has 7 nitrogen and oxygen atoms in total. The Labute approximate surface area is 191 Å². The predicted octanol–water partition coefficient (Wildman–Crippen LogP) is 2.76. The molecule has 1 aliphatic heterocycles. The van der Waals surface area contributed by atoms with Crippen LogP contribution in [-0.4, -0.2) is 52.0 Å². The Balaban J connectivity index is 1.39. The summed E-state index contributed by atoms with van der Waals surface area (Å²) in [6.45, 7) is 6.56. The van der Waals surface area contributed by atoms with Crippen LogP contribution in [0.2, 0.25) is 0 Å². The van der Waals surface area contributed by atoms with Crippen molar-refractivity contribution in [2.75, 3.05) is 26.7 Å². The van der Waals surface area contributed by atoms with Gasteiger partial charge in [-0.25, -0.2) is 13.1 Å². The average molecular weight is 460 g/mol. The number of nitrogens with one attached hydrogen (secondary N) is 2. The van der Waals surface area contributed by atoms with E-state index in [9.17, 15) is 13.2 Å². The van der Waals surface area contributed by atoms with Gasteiger partial charge in [-0.1, -0.05) is 18.2 Å². The van der Waals surface area contributed by atoms with Crippen LogP contribution < -0.4 is 14.8 Å². The Morgan fingerprint density at radius 1 is 1.09 bits per heavy atom. The Bertz CT molecular complexity index is 1030. The number of aryl methyl sites for hydroxylation is 2. The number of amides is 1. The maximum absolute atomic E-state index is 12.4. The Kier molecular flexibility index (Phi) is 8.28. The number of likely N-dealkylation sites (tertiary alicyclic amines) is 1. The number of hydrogen-bond donors (Lipinski definition) is 2. The molecule has 0 bridgehead atoms. The van der Waals surface area contributed by atoms with E-state index in [-0.39, 0.29) is 29.8 Å². The maximum Gasteiger partial charge on any atom is 0.240 e. The van der Waals surface area contributed by atoms with Crippen LogP contribution in [0.1, 0.15) is 36.0 Å². The highest BCUT2D eigenvalue weighted by Crippen LogP contribution is 2.18. The van der Waals surface area contributed by atoms with Crippen LogP contribution in [0.5, 0.6) is 5.75 Å². The molecule has 1 saturated heterocycles. The first-order valence-electron chi connectivity index (χ1n) is 11.0. The van der Waals surface area contributed by atoms with Gasteiger partial charge in [-0.3, -0.25) is 9.69 Å². The quantitative estimate of drug-likeness (QED) is 0.602. The predicted molar refractivity (Wildman–Crippen MR) is 125 cm³/mol. The molecule has 1 heterocycles. The molecule has 0 radical (unpaired) electrons. The molecule has 1 aliphatic rings. The third-order valence-electron chi connectivity index (χ3n) is 5.93. The van der Waals surface area contributed by atoms with Crippen LogP contribution in [0.3, 0.4) is 0 Å². The summed E-state index contributed by atoms with van der Waals surface area (Å²) in [5, 5.41) is 3.04. The van der Waals surface area contributed by atoms with Gasteiger partial charge in [-0.15, -0.1) is 0 Å². The molecular weight excluding hydrogens is 426 g/mol. The van der Waals surface area contributed by atoms with Crippen molar-refractivity contribution >= 4 is 15.9 Å². The zero-order valence-electron chi connectivity index (χ0n) is 19.1. The molecule has 0 aromatic heterocycles. The molecule has 8 heteroatoms. The Hall–Kier alpha value is -2.42. The molecule has 2 aromatic carbocycles. The van der Waals surface area contributed by atoms with E-state index in [0.717, 1.165) is 49.4 Å². The monoisotopic (exact) mass is 459 g/mol. The average Bonchev–Trinajstić information content (AvgIpc) is 2.77. The molecule has 32 heavy (non-hydrogen) atoms. The highest BCUT2D eigenvalue weighted by atomic mass is 32.2. The van der Waals surface area contributed by atoms with Gasteiger partial charge in [0.15, 0.2) is 0 Å². The van der Waals surface area contributed by atoms with Crippen LogP contribution in [0, 0.1) is 13.8 Å². The molecule has 2 N–H and O–H groups in total. The van der Waals surface area contributed by atoms with Gasteiger partial charge in [0.1, 0.15) is 5.75 Å².